The Morgan fingerprint density at radius 3 is 2.39 bits per heavy atom. The van der Waals surface area contributed by atoms with Crippen LogP contribution in [0.2, 0.25) is 0 Å². The van der Waals surface area contributed by atoms with E-state index in [0.29, 0.717) is 19.8 Å². The molecule has 1 N–H and O–H groups in total. The van der Waals surface area contributed by atoms with Crippen LogP contribution in [0, 0.1) is 5.92 Å². The number of carbonyl (C=O) groups excluding carboxylic acids is 1. The SMILES string of the molecule is CC(S)NCCOC/C=C\COCC(=O)C(C)C. The van der Waals surface area contributed by atoms with E-state index < -0.39 is 0 Å². The first kappa shape index (κ1) is 17.6. The summed E-state index contributed by atoms with van der Waals surface area (Å²) >= 11 is 4.19. The van der Waals surface area contributed by atoms with Crippen LogP contribution < -0.4 is 5.32 Å². The Morgan fingerprint density at radius 2 is 1.83 bits per heavy atom. The molecule has 106 valence electrons. The third-order valence-electron chi connectivity index (χ3n) is 2.17. The molecule has 0 radical (unpaired) electrons. The molecule has 4 nitrogen and oxygen atoms in total. The highest BCUT2D eigenvalue weighted by Gasteiger charge is 2.05. The predicted molar refractivity (Wildman–Crippen MR) is 77.1 cm³/mol. The smallest absolute Gasteiger partial charge is 0.160 e. The highest BCUT2D eigenvalue weighted by atomic mass is 32.1. The summed E-state index contributed by atoms with van der Waals surface area (Å²) in [5.41, 5.74) is 0. The number of rotatable bonds is 11. The van der Waals surface area contributed by atoms with E-state index in [1.54, 1.807) is 0 Å². The standard InChI is InChI=1S/C13H25NO3S/c1-11(2)13(15)10-17-8-5-4-7-16-9-6-14-12(3)18/h4-5,11-12,14,18H,6-10H2,1-3H3/b5-4-. The first-order valence-corrected chi connectivity index (χ1v) is 6.80. The van der Waals surface area contributed by atoms with Crippen molar-refractivity contribution in [3.8, 4) is 0 Å². The molecular formula is C13H25NO3S. The van der Waals surface area contributed by atoms with Gasteiger partial charge in [-0.15, -0.1) is 0 Å². The van der Waals surface area contributed by atoms with E-state index in [1.807, 2.05) is 32.9 Å². The average molecular weight is 275 g/mol. The van der Waals surface area contributed by atoms with Gasteiger partial charge >= 0.3 is 0 Å². The molecule has 0 amide bonds. The molecule has 0 spiro atoms. The van der Waals surface area contributed by atoms with Crippen molar-refractivity contribution in [2.75, 3.05) is 33.0 Å². The van der Waals surface area contributed by atoms with Crippen molar-refractivity contribution < 1.29 is 14.3 Å². The molecule has 1 atom stereocenters. The number of hydrogen-bond acceptors (Lipinski definition) is 5. The Hall–Kier alpha value is -0.360. The van der Waals surface area contributed by atoms with Crippen LogP contribution in [-0.4, -0.2) is 44.1 Å². The van der Waals surface area contributed by atoms with Gasteiger partial charge in [0.15, 0.2) is 5.78 Å². The Kier molecular flexibility index (Phi) is 11.5. The molecule has 5 heteroatoms. The van der Waals surface area contributed by atoms with Gasteiger partial charge in [0.2, 0.25) is 0 Å². The van der Waals surface area contributed by atoms with Gasteiger partial charge in [-0.1, -0.05) is 26.0 Å². The Balaban J connectivity index is 3.26. The fraction of sp³-hybridized carbons (Fsp3) is 0.769. The van der Waals surface area contributed by atoms with Gasteiger partial charge in [0.25, 0.3) is 0 Å². The monoisotopic (exact) mass is 275 g/mol. The first-order chi connectivity index (χ1) is 8.54. The summed E-state index contributed by atoms with van der Waals surface area (Å²) in [5, 5.41) is 3.32. The lowest BCUT2D eigenvalue weighted by Crippen LogP contribution is -2.25. The number of hydrogen-bond donors (Lipinski definition) is 2. The van der Waals surface area contributed by atoms with Crippen LogP contribution in [0.5, 0.6) is 0 Å². The second kappa shape index (κ2) is 11.7. The molecule has 0 bridgehead atoms. The topological polar surface area (TPSA) is 47.6 Å². The molecule has 18 heavy (non-hydrogen) atoms. The van der Waals surface area contributed by atoms with Crippen LogP contribution in [0.1, 0.15) is 20.8 Å². The molecular weight excluding hydrogens is 250 g/mol. The van der Waals surface area contributed by atoms with Gasteiger partial charge in [-0.3, -0.25) is 4.79 Å². The number of carbonyl (C=O) groups is 1. The van der Waals surface area contributed by atoms with Crippen LogP contribution in [0.3, 0.4) is 0 Å². The summed E-state index contributed by atoms with van der Waals surface area (Å²) in [7, 11) is 0. The van der Waals surface area contributed by atoms with Gasteiger partial charge in [0, 0.05) is 17.8 Å². The second-order valence-electron chi connectivity index (χ2n) is 4.31. The fourth-order valence-corrected chi connectivity index (χ4v) is 1.15. The van der Waals surface area contributed by atoms with E-state index in [1.165, 1.54) is 0 Å². The van der Waals surface area contributed by atoms with E-state index in [9.17, 15) is 4.79 Å². The second-order valence-corrected chi connectivity index (χ2v) is 5.09. The number of thiol groups is 1. The van der Waals surface area contributed by atoms with Crippen LogP contribution in [0.15, 0.2) is 12.2 Å². The molecule has 0 heterocycles. The minimum atomic E-state index is 0.0408. The third kappa shape index (κ3) is 12.1. The predicted octanol–water partition coefficient (Wildman–Crippen LogP) is 1.67. The van der Waals surface area contributed by atoms with Gasteiger partial charge in [-0.05, 0) is 6.92 Å². The first-order valence-electron chi connectivity index (χ1n) is 6.28. The summed E-state index contributed by atoms with van der Waals surface area (Å²) in [6.07, 6.45) is 3.76. The maximum Gasteiger partial charge on any atom is 0.160 e. The maximum atomic E-state index is 11.2. The van der Waals surface area contributed by atoms with Gasteiger partial charge in [-0.2, -0.15) is 12.6 Å². The lowest BCUT2D eigenvalue weighted by Gasteiger charge is -2.06. The quantitative estimate of drug-likeness (QED) is 0.261. The lowest BCUT2D eigenvalue weighted by molar-refractivity contribution is -0.126. The zero-order valence-electron chi connectivity index (χ0n) is 11.5. The zero-order chi connectivity index (χ0) is 13.8. The summed E-state index contributed by atoms with van der Waals surface area (Å²) in [5.74, 6) is 0.172. The fourth-order valence-electron chi connectivity index (χ4n) is 1.02. The van der Waals surface area contributed by atoms with Crippen molar-refractivity contribution in [1.82, 2.24) is 5.32 Å². The van der Waals surface area contributed by atoms with Gasteiger partial charge in [-0.25, -0.2) is 0 Å². The van der Waals surface area contributed by atoms with E-state index in [-0.39, 0.29) is 23.7 Å². The summed E-state index contributed by atoms with van der Waals surface area (Å²) < 4.78 is 10.5. The van der Waals surface area contributed by atoms with Crippen molar-refractivity contribution in [2.45, 2.75) is 26.1 Å². The Morgan fingerprint density at radius 1 is 1.22 bits per heavy atom. The highest BCUT2D eigenvalue weighted by Crippen LogP contribution is 1.94. The largest absolute Gasteiger partial charge is 0.376 e. The molecule has 0 aromatic heterocycles. The molecule has 0 aromatic rings. The molecule has 0 saturated heterocycles. The summed E-state index contributed by atoms with van der Waals surface area (Å²) in [6.45, 7) is 8.35. The molecule has 0 rings (SSSR count). The van der Waals surface area contributed by atoms with Crippen molar-refractivity contribution in [1.29, 1.82) is 0 Å². The number of Topliss-reactive ketones (excluding diaryl/α,β-unsaturated/α-hetero) is 1. The van der Waals surface area contributed by atoms with Crippen molar-refractivity contribution in [3.63, 3.8) is 0 Å². The van der Waals surface area contributed by atoms with Gasteiger partial charge in [0.1, 0.15) is 6.61 Å². The minimum Gasteiger partial charge on any atom is -0.376 e. The van der Waals surface area contributed by atoms with Crippen LogP contribution in [0.25, 0.3) is 0 Å². The molecule has 0 fully saturated rings. The zero-order valence-corrected chi connectivity index (χ0v) is 12.4. The van der Waals surface area contributed by atoms with Crippen LogP contribution in [-0.2, 0) is 14.3 Å². The Labute approximate surface area is 116 Å². The molecule has 0 aromatic carbocycles. The van der Waals surface area contributed by atoms with Crippen LogP contribution >= 0.6 is 12.6 Å². The van der Waals surface area contributed by atoms with Crippen LogP contribution in [0.4, 0.5) is 0 Å². The van der Waals surface area contributed by atoms with E-state index in [2.05, 4.69) is 17.9 Å². The number of ether oxygens (including phenoxy) is 2. The van der Waals surface area contributed by atoms with E-state index in [0.717, 1.165) is 6.54 Å². The number of nitrogens with one attached hydrogen (secondary N) is 1. The minimum absolute atomic E-state index is 0.0408. The summed E-state index contributed by atoms with van der Waals surface area (Å²) in [6, 6.07) is 0. The molecule has 1 unspecified atom stereocenters. The van der Waals surface area contributed by atoms with Crippen molar-refractivity contribution in [2.24, 2.45) is 5.92 Å². The van der Waals surface area contributed by atoms with Crippen molar-refractivity contribution in [3.05, 3.63) is 12.2 Å². The number of ketones is 1. The third-order valence-corrected chi connectivity index (χ3v) is 2.35. The van der Waals surface area contributed by atoms with Gasteiger partial charge < -0.3 is 14.8 Å². The lowest BCUT2D eigenvalue weighted by atomic mass is 10.1. The van der Waals surface area contributed by atoms with E-state index in [4.69, 9.17) is 9.47 Å². The van der Waals surface area contributed by atoms with Crippen molar-refractivity contribution >= 4 is 18.4 Å². The highest BCUT2D eigenvalue weighted by molar-refractivity contribution is 7.80. The maximum absolute atomic E-state index is 11.2. The van der Waals surface area contributed by atoms with Gasteiger partial charge in [0.05, 0.1) is 19.8 Å². The molecule has 0 aliphatic rings. The molecule has 0 saturated carbocycles. The normalized spacial score (nSPS) is 13.4. The molecule has 0 aliphatic carbocycles. The van der Waals surface area contributed by atoms with E-state index >= 15 is 0 Å². The molecule has 0 aliphatic heterocycles. The average Bonchev–Trinajstić information content (AvgIpc) is 2.30. The summed E-state index contributed by atoms with van der Waals surface area (Å²) in [4.78, 5) is 11.2. The Bertz CT molecular complexity index is 242.